The van der Waals surface area contributed by atoms with Crippen molar-refractivity contribution in [2.45, 2.75) is 13.8 Å². The average molecular weight is 535 g/mol. The van der Waals surface area contributed by atoms with E-state index in [1.54, 1.807) is 6.07 Å². The van der Waals surface area contributed by atoms with Gasteiger partial charge in [-0.3, -0.25) is 0 Å². The molecule has 0 aliphatic rings. The molecule has 41 heavy (non-hydrogen) atoms. The van der Waals surface area contributed by atoms with Gasteiger partial charge in [0.25, 0.3) is 0 Å². The second-order valence-electron chi connectivity index (χ2n) is 10.7. The van der Waals surface area contributed by atoms with Crippen molar-refractivity contribution < 1.29 is 13.4 Å². The van der Waals surface area contributed by atoms with Crippen LogP contribution in [-0.4, -0.2) is 0 Å². The number of rotatable bonds is 4. The van der Waals surface area contributed by atoms with Gasteiger partial charge in [0.1, 0.15) is 24.0 Å². The smallest absolute Gasteiger partial charge is 0.216 e. The minimum absolute atomic E-state index is 0.289. The maximum atomic E-state index is 15.6. The molecule has 2 heterocycles. The number of hydrogen-bond acceptors (Lipinski definition) is 1. The van der Waals surface area contributed by atoms with Crippen LogP contribution in [0.3, 0.4) is 0 Å². The van der Waals surface area contributed by atoms with Crippen LogP contribution in [0.2, 0.25) is 0 Å². The van der Waals surface area contributed by atoms with Gasteiger partial charge in [-0.2, -0.15) is 0 Å². The third-order valence-corrected chi connectivity index (χ3v) is 8.10. The summed E-state index contributed by atoms with van der Waals surface area (Å²) in [6, 6.07) is 38.9. The van der Waals surface area contributed by atoms with Crippen molar-refractivity contribution in [2.75, 3.05) is 0 Å². The first-order chi connectivity index (χ1) is 20.0. The molecule has 0 fully saturated rings. The van der Waals surface area contributed by atoms with Crippen molar-refractivity contribution >= 4 is 21.9 Å². The largest absolute Gasteiger partial charge is 0.454 e. The lowest BCUT2D eigenvalue weighted by Crippen LogP contribution is -2.30. The minimum atomic E-state index is -0.289. The van der Waals surface area contributed by atoms with Crippen LogP contribution in [0.15, 0.2) is 126 Å². The molecule has 0 N–H and O–H groups in total. The highest BCUT2D eigenvalue weighted by molar-refractivity contribution is 6.13. The summed E-state index contributed by atoms with van der Waals surface area (Å²) in [5.41, 5.74) is 11.5. The molecule has 0 spiro atoms. The predicted octanol–water partition coefficient (Wildman–Crippen LogP) is 9.83. The molecule has 0 aliphatic heterocycles. The molecule has 198 valence electrons. The minimum Gasteiger partial charge on any atom is -0.454 e. The maximum Gasteiger partial charge on any atom is 0.216 e. The second kappa shape index (κ2) is 9.87. The van der Waals surface area contributed by atoms with Gasteiger partial charge in [0.05, 0.1) is 11.1 Å². The number of hydrogen-bond donors (Lipinski definition) is 0. The van der Waals surface area contributed by atoms with Gasteiger partial charge >= 0.3 is 0 Å². The molecule has 7 aromatic rings. The Morgan fingerprint density at radius 2 is 1.17 bits per heavy atom. The Kier molecular flexibility index (Phi) is 6.01. The number of benzene rings is 5. The van der Waals surface area contributed by atoms with Crippen molar-refractivity contribution in [3.8, 4) is 44.6 Å². The van der Waals surface area contributed by atoms with Gasteiger partial charge in [-0.1, -0.05) is 84.9 Å². The molecule has 3 heteroatoms. The van der Waals surface area contributed by atoms with Crippen molar-refractivity contribution in [3.63, 3.8) is 0 Å². The summed E-state index contributed by atoms with van der Waals surface area (Å²) in [7, 11) is 2.03. The first kappa shape index (κ1) is 25.0. The predicted molar refractivity (Wildman–Crippen MR) is 166 cm³/mol. The molecule has 2 aromatic heterocycles. The van der Waals surface area contributed by atoms with E-state index in [-0.39, 0.29) is 5.82 Å². The third-order valence-electron chi connectivity index (χ3n) is 8.10. The zero-order valence-corrected chi connectivity index (χ0v) is 23.3. The number of fused-ring (bicyclic) bond motifs is 3. The Hall–Kier alpha value is -5.02. The topological polar surface area (TPSA) is 17.0 Å². The highest BCUT2D eigenvalue weighted by atomic mass is 19.1. The molecule has 2 nitrogen and oxygen atoms in total. The monoisotopic (exact) mass is 534 g/mol. The Labute approximate surface area is 239 Å². The van der Waals surface area contributed by atoms with Crippen LogP contribution in [0, 0.1) is 19.7 Å². The normalized spacial score (nSPS) is 11.4. The molecule has 5 aromatic carbocycles. The summed E-state index contributed by atoms with van der Waals surface area (Å²) in [6.45, 7) is 4.13. The highest BCUT2D eigenvalue weighted by Crippen LogP contribution is 2.42. The summed E-state index contributed by atoms with van der Waals surface area (Å²) in [4.78, 5) is 0. The molecule has 0 atom stereocenters. The molecule has 0 amide bonds. The molecular weight excluding hydrogens is 505 g/mol. The third kappa shape index (κ3) is 4.22. The Morgan fingerprint density at radius 1 is 0.561 bits per heavy atom. The summed E-state index contributed by atoms with van der Waals surface area (Å²) >= 11 is 0. The van der Waals surface area contributed by atoms with E-state index in [1.165, 1.54) is 11.1 Å². The van der Waals surface area contributed by atoms with Gasteiger partial charge in [0, 0.05) is 22.9 Å². The summed E-state index contributed by atoms with van der Waals surface area (Å²) < 4.78 is 24.3. The van der Waals surface area contributed by atoms with Gasteiger partial charge < -0.3 is 4.42 Å². The Morgan fingerprint density at radius 3 is 1.88 bits per heavy atom. The molecule has 7 rings (SSSR count). The maximum absolute atomic E-state index is 15.6. The highest BCUT2D eigenvalue weighted by Gasteiger charge is 2.23. The number of halogens is 1. The van der Waals surface area contributed by atoms with Crippen LogP contribution >= 0.6 is 0 Å². The van der Waals surface area contributed by atoms with Gasteiger partial charge in [-0.05, 0) is 71.0 Å². The lowest BCUT2D eigenvalue weighted by molar-refractivity contribution is -0.660. The lowest BCUT2D eigenvalue weighted by atomic mass is 9.93. The fourth-order valence-electron chi connectivity index (χ4n) is 5.94. The average Bonchev–Trinajstić information content (AvgIpc) is 3.37. The molecule has 0 bridgehead atoms. The quantitative estimate of drug-likeness (QED) is 0.205. The van der Waals surface area contributed by atoms with Crippen LogP contribution in [0.5, 0.6) is 0 Å². The van der Waals surface area contributed by atoms with Crippen molar-refractivity contribution in [3.05, 3.63) is 138 Å². The first-order valence-electron chi connectivity index (χ1n) is 13.9. The molecular formula is C38H29FNO+. The van der Waals surface area contributed by atoms with Gasteiger partial charge in [-0.25, -0.2) is 8.96 Å². The summed E-state index contributed by atoms with van der Waals surface area (Å²) in [5, 5.41) is 1.90. The summed E-state index contributed by atoms with van der Waals surface area (Å²) in [5.74, 6) is -0.289. The number of aromatic nitrogens is 1. The van der Waals surface area contributed by atoms with E-state index < -0.39 is 0 Å². The molecule has 0 aliphatic carbocycles. The van der Waals surface area contributed by atoms with E-state index in [0.717, 1.165) is 55.4 Å². The standard InChI is InChI=1S/C38H29FNO/c1-24-12-18-31-32-20-21-33(39)36(38(32)41-37(31)35(24)34-11-7-8-22-40(34)3)30-19-17-29(23-25(30)2)28-15-13-27(14-16-28)26-9-5-4-6-10-26/h4-23H,1-3H3/q+1. The zero-order valence-electron chi connectivity index (χ0n) is 23.3. The van der Waals surface area contributed by atoms with Crippen LogP contribution in [0.4, 0.5) is 4.39 Å². The SMILES string of the molecule is Cc1cc(-c2ccc(-c3ccccc3)cc2)ccc1-c1c(F)ccc2c1oc1c(-c3cccc[n+]3C)c(C)ccc12. The van der Waals surface area contributed by atoms with Crippen molar-refractivity contribution in [1.82, 2.24) is 0 Å². The lowest BCUT2D eigenvalue weighted by Gasteiger charge is -2.11. The number of furan rings is 1. The van der Waals surface area contributed by atoms with Gasteiger partial charge in [-0.15, -0.1) is 0 Å². The van der Waals surface area contributed by atoms with E-state index in [1.807, 2.05) is 50.5 Å². The Bertz CT molecular complexity index is 2070. The summed E-state index contributed by atoms with van der Waals surface area (Å²) in [6.07, 6.45) is 2.03. The molecule has 0 unspecified atom stereocenters. The van der Waals surface area contributed by atoms with Crippen LogP contribution in [0.25, 0.3) is 66.6 Å². The number of pyridine rings is 1. The van der Waals surface area contributed by atoms with Gasteiger partial charge in [0.2, 0.25) is 5.69 Å². The van der Waals surface area contributed by atoms with Gasteiger partial charge in [0.15, 0.2) is 6.20 Å². The van der Waals surface area contributed by atoms with E-state index in [4.69, 9.17) is 4.42 Å². The molecule has 0 saturated heterocycles. The number of nitrogens with zero attached hydrogens (tertiary/aromatic N) is 1. The van der Waals surface area contributed by atoms with E-state index in [2.05, 4.69) is 90.4 Å². The van der Waals surface area contributed by atoms with Crippen molar-refractivity contribution in [1.29, 1.82) is 0 Å². The Balaban J connectivity index is 1.35. The number of aryl methyl sites for hydroxylation is 3. The first-order valence-corrected chi connectivity index (χ1v) is 13.9. The fourth-order valence-corrected chi connectivity index (χ4v) is 5.94. The van der Waals surface area contributed by atoms with Crippen molar-refractivity contribution in [2.24, 2.45) is 7.05 Å². The van der Waals surface area contributed by atoms with Crippen LogP contribution < -0.4 is 4.57 Å². The fraction of sp³-hybridized carbons (Fsp3) is 0.0789. The molecule has 0 radical (unpaired) electrons. The molecule has 0 saturated carbocycles. The van der Waals surface area contributed by atoms with E-state index >= 15 is 4.39 Å². The van der Waals surface area contributed by atoms with E-state index in [0.29, 0.717) is 11.1 Å². The zero-order chi connectivity index (χ0) is 28.1. The van der Waals surface area contributed by atoms with Crippen LogP contribution in [-0.2, 0) is 7.05 Å². The van der Waals surface area contributed by atoms with E-state index in [9.17, 15) is 0 Å². The second-order valence-corrected chi connectivity index (χ2v) is 10.7. The van der Waals surface area contributed by atoms with Crippen LogP contribution in [0.1, 0.15) is 11.1 Å².